The van der Waals surface area contributed by atoms with E-state index in [1.165, 1.54) is 0 Å². The lowest BCUT2D eigenvalue weighted by molar-refractivity contribution is 0.0697. The van der Waals surface area contributed by atoms with Gasteiger partial charge in [-0.1, -0.05) is 89.2 Å². The van der Waals surface area contributed by atoms with Crippen molar-refractivity contribution >= 4 is 44.8 Å². The quantitative estimate of drug-likeness (QED) is 0.129. The maximum Gasteiger partial charge on any atom is 0.532 e. The van der Waals surface area contributed by atoms with Crippen LogP contribution in [0.15, 0.2) is 75.1 Å². The molecule has 13 heteroatoms. The molecule has 0 spiro atoms. The van der Waals surface area contributed by atoms with E-state index in [-0.39, 0.29) is 10.8 Å². The van der Waals surface area contributed by atoms with Gasteiger partial charge in [-0.25, -0.2) is 4.79 Å². The van der Waals surface area contributed by atoms with Crippen LogP contribution in [0.1, 0.15) is 121 Å². The first-order valence-electron chi connectivity index (χ1n) is 21.6. The van der Waals surface area contributed by atoms with Crippen LogP contribution in [0.4, 0.5) is 0 Å². The summed E-state index contributed by atoms with van der Waals surface area (Å²) in [6, 6.07) is 21.0. The third kappa shape index (κ3) is 9.60. The van der Waals surface area contributed by atoms with Gasteiger partial charge in [-0.05, 0) is 94.8 Å². The first-order chi connectivity index (χ1) is 30.3. The zero-order valence-corrected chi connectivity index (χ0v) is 42.5. The number of carbonyl (C=O) groups is 1. The van der Waals surface area contributed by atoms with Gasteiger partial charge >= 0.3 is 22.8 Å². The van der Waals surface area contributed by atoms with Crippen LogP contribution >= 0.6 is 16.8 Å². The predicted molar refractivity (Wildman–Crippen MR) is 260 cm³/mol. The fourth-order valence-corrected chi connectivity index (χ4v) is 9.94. The smallest absolute Gasteiger partial charge is 0.497 e. The molecule has 0 bridgehead atoms. The van der Waals surface area contributed by atoms with Gasteiger partial charge < -0.3 is 45.4 Å². The van der Waals surface area contributed by atoms with Gasteiger partial charge in [-0.15, -0.1) is 0 Å². The third-order valence-electron chi connectivity index (χ3n) is 11.4. The van der Waals surface area contributed by atoms with E-state index in [9.17, 15) is 4.79 Å². The number of rotatable bonds is 9. The van der Waals surface area contributed by atoms with E-state index in [1.807, 2.05) is 67.6 Å². The van der Waals surface area contributed by atoms with E-state index in [2.05, 4.69) is 83.1 Å². The number of benzene rings is 5. The van der Waals surface area contributed by atoms with Crippen LogP contribution < -0.4 is 32.5 Å². The van der Waals surface area contributed by atoms with Crippen LogP contribution in [0.3, 0.4) is 0 Å². The highest BCUT2D eigenvalue weighted by Gasteiger charge is 2.37. The zero-order valence-electron chi connectivity index (χ0n) is 40.7. The van der Waals surface area contributed by atoms with Gasteiger partial charge in [0.2, 0.25) is 0 Å². The largest absolute Gasteiger partial charge is 0.532 e. The lowest BCUT2D eigenvalue weighted by atomic mass is 9.81. The van der Waals surface area contributed by atoms with E-state index in [0.29, 0.717) is 68.1 Å². The number of hydrogen-bond donors (Lipinski definition) is 0. The van der Waals surface area contributed by atoms with Gasteiger partial charge in [0.05, 0.1) is 28.4 Å². The molecule has 1 unspecified atom stereocenters. The van der Waals surface area contributed by atoms with Crippen molar-refractivity contribution < 1.29 is 50.2 Å². The Morgan fingerprint density at radius 2 is 0.862 bits per heavy atom. The molecule has 346 valence electrons. The molecule has 11 nitrogen and oxygen atoms in total. The lowest BCUT2D eigenvalue weighted by Crippen LogP contribution is -2.18. The Balaban J connectivity index is 1.59. The molecule has 0 amide bonds. The normalized spacial score (nSPS) is 14.4. The average molecular weight is 925 g/mol. The van der Waals surface area contributed by atoms with Gasteiger partial charge in [0, 0.05) is 44.2 Å². The van der Waals surface area contributed by atoms with E-state index >= 15 is 0 Å². The van der Waals surface area contributed by atoms with Crippen LogP contribution in [0, 0.1) is 6.92 Å². The number of fused-ring (bicyclic) bond motifs is 4. The van der Waals surface area contributed by atoms with Crippen molar-refractivity contribution in [1.82, 2.24) is 0 Å². The zero-order chi connectivity index (χ0) is 47.6. The highest BCUT2D eigenvalue weighted by molar-refractivity contribution is 7.43. The van der Waals surface area contributed by atoms with Crippen molar-refractivity contribution in [2.75, 3.05) is 28.4 Å². The molecule has 1 aliphatic rings. The standard InChI is InChI=1S/C52H62O11P2/c1-29-18-19-34-43(20-29)58-64(63-48(34)53)59-44-35(21-30(54-14)25-39(44)49(2,3)4)36-22-31(55-15)26-40(50(5,6)7)45(36)60-65-61-46-37(23-32(56-16)27-41(46)51(8,9)10)38-24-33(57-17)28-42(47(38)62-65)52(11,12)13/h18-28H,1-17H3. The maximum absolute atomic E-state index is 13.4. The minimum atomic E-state index is -2.28. The predicted octanol–water partition coefficient (Wildman–Crippen LogP) is 15.2. The monoisotopic (exact) mass is 924 g/mol. The molecular weight excluding hydrogens is 863 g/mol. The second kappa shape index (κ2) is 17.4. The molecular formula is C52H62O11P2. The minimum absolute atomic E-state index is 0.331. The molecule has 65 heavy (non-hydrogen) atoms. The van der Waals surface area contributed by atoms with Crippen LogP contribution in [-0.4, -0.2) is 34.4 Å². The summed E-state index contributed by atoms with van der Waals surface area (Å²) in [7, 11) is 2.04. The lowest BCUT2D eigenvalue weighted by Gasteiger charge is -2.30. The van der Waals surface area contributed by atoms with E-state index in [1.54, 1.807) is 34.5 Å². The fraction of sp³-hybridized carbons (Fsp3) is 0.404. The second-order valence-corrected chi connectivity index (χ2v) is 22.5. The summed E-state index contributed by atoms with van der Waals surface area (Å²) in [6.45, 7) is 27.3. The van der Waals surface area contributed by atoms with E-state index < -0.39 is 33.6 Å². The van der Waals surface area contributed by atoms with Gasteiger partial charge in [0.25, 0.3) is 0 Å². The van der Waals surface area contributed by atoms with Crippen molar-refractivity contribution in [2.24, 2.45) is 0 Å². The summed E-state index contributed by atoms with van der Waals surface area (Å²) in [5, 5.41) is 1.57. The van der Waals surface area contributed by atoms with Crippen LogP contribution in [0.25, 0.3) is 33.1 Å². The molecule has 1 atom stereocenters. The van der Waals surface area contributed by atoms with Gasteiger partial charge in [-0.3, -0.25) is 0 Å². The SMILES string of the molecule is COc1cc(-c2cc(OC)cc(C(C)(C)C)c2Op2oc3c(C(C)(C)C)cc(OC)cc3c3cc(OC)cc(C(C)(C)C)c3o2)c(OP2OC(=O)c3ccc(C)cc3O2)c(C(C)(C)C)c1. The average Bonchev–Trinajstić information content (AvgIpc) is 3.37. The molecule has 0 fully saturated rings. The molecule has 0 saturated heterocycles. The Kier molecular flexibility index (Phi) is 12.7. The Morgan fingerprint density at radius 3 is 1.28 bits per heavy atom. The number of hydrogen-bond acceptors (Lipinski definition) is 11. The number of carbonyl (C=O) groups excluding carboxylic acids is 1. The number of methoxy groups -OCH3 is 4. The van der Waals surface area contributed by atoms with Gasteiger partial charge in [-0.2, -0.15) is 0 Å². The molecule has 1 aliphatic heterocycles. The summed E-state index contributed by atoms with van der Waals surface area (Å²) in [5.41, 5.74) is 5.26. The Labute approximate surface area is 385 Å². The molecule has 0 radical (unpaired) electrons. The summed E-state index contributed by atoms with van der Waals surface area (Å²) in [6.07, 6.45) is 0. The van der Waals surface area contributed by atoms with E-state index in [0.717, 1.165) is 38.6 Å². The molecule has 5 aromatic carbocycles. The molecule has 2 heterocycles. The van der Waals surface area contributed by atoms with Crippen molar-refractivity contribution in [3.05, 3.63) is 100 Å². The molecule has 6 aromatic rings. The molecule has 0 N–H and O–H groups in total. The van der Waals surface area contributed by atoms with Crippen LogP contribution in [-0.2, 0) is 26.2 Å². The molecule has 7 rings (SSSR count). The molecule has 0 saturated carbocycles. The number of aryl methyl sites for hydroxylation is 1. The maximum atomic E-state index is 13.4. The summed E-state index contributed by atoms with van der Waals surface area (Å²) >= 11 is 0. The Morgan fingerprint density at radius 1 is 0.462 bits per heavy atom. The molecule has 1 aromatic heterocycles. The van der Waals surface area contributed by atoms with E-state index in [4.69, 9.17) is 45.4 Å². The first kappa shape index (κ1) is 47.5. The number of ether oxygens (including phenoxy) is 4. The second-order valence-electron chi connectivity index (χ2n) is 20.5. The van der Waals surface area contributed by atoms with Crippen LogP contribution in [0.5, 0.6) is 40.2 Å². The minimum Gasteiger partial charge on any atom is -0.497 e. The summed E-state index contributed by atoms with van der Waals surface area (Å²) in [4.78, 5) is 13.4. The first-order valence-corrected chi connectivity index (χ1v) is 23.8. The van der Waals surface area contributed by atoms with Crippen LogP contribution in [0.2, 0.25) is 0 Å². The van der Waals surface area contributed by atoms with Crippen molar-refractivity contribution in [2.45, 2.75) is 112 Å². The Hall–Kier alpha value is -5.50. The van der Waals surface area contributed by atoms with Crippen molar-refractivity contribution in [1.29, 1.82) is 0 Å². The third-order valence-corrected chi connectivity index (χ3v) is 13.3. The van der Waals surface area contributed by atoms with Crippen molar-refractivity contribution in [3.63, 3.8) is 0 Å². The van der Waals surface area contributed by atoms with Crippen molar-refractivity contribution in [3.8, 4) is 51.4 Å². The summed E-state index contributed by atoms with van der Waals surface area (Å²) < 4.78 is 64.5. The summed E-state index contributed by atoms with van der Waals surface area (Å²) in [5.74, 6) is 3.26. The van der Waals surface area contributed by atoms with Gasteiger partial charge in [0.1, 0.15) is 57.0 Å². The molecule has 0 aliphatic carbocycles. The Bertz CT molecular complexity index is 2770. The topological polar surface area (TPSA) is 117 Å². The highest BCUT2D eigenvalue weighted by atomic mass is 31.2. The fourth-order valence-electron chi connectivity index (χ4n) is 7.78. The van der Waals surface area contributed by atoms with Gasteiger partial charge in [0.15, 0.2) is 0 Å². The highest BCUT2D eigenvalue weighted by Crippen LogP contribution is 2.56.